The Labute approximate surface area is 134 Å². The summed E-state index contributed by atoms with van der Waals surface area (Å²) in [6.07, 6.45) is 10.6. The van der Waals surface area contributed by atoms with E-state index in [-0.39, 0.29) is 28.3 Å². The van der Waals surface area contributed by atoms with Gasteiger partial charge in [0.05, 0.1) is 0 Å². The Morgan fingerprint density at radius 1 is 0.833 bits per heavy atom. The number of hydrogen-bond acceptors (Lipinski definition) is 0. The van der Waals surface area contributed by atoms with Crippen molar-refractivity contribution in [3.8, 4) is 0 Å². The molecule has 0 atom stereocenters. The van der Waals surface area contributed by atoms with Crippen LogP contribution in [0, 0.1) is 13.8 Å². The van der Waals surface area contributed by atoms with E-state index in [1.54, 1.807) is 0 Å². The molecule has 0 aliphatic heterocycles. The second-order valence-electron chi connectivity index (χ2n) is 5.21. The van der Waals surface area contributed by atoms with Gasteiger partial charge in [-0.1, -0.05) is 70.3 Å². The zero-order valence-corrected chi connectivity index (χ0v) is 18.6. The summed E-state index contributed by atoms with van der Waals surface area (Å²) in [6, 6.07) is 3.01. The Morgan fingerprint density at radius 2 is 1.33 bits per heavy atom. The second kappa shape index (κ2) is 23.2. The molecule has 105 valence electrons. The van der Waals surface area contributed by atoms with Crippen LogP contribution in [0.1, 0.15) is 51.4 Å². The molecule has 1 radical (unpaired) electrons. The minimum atomic E-state index is -0.234. The van der Waals surface area contributed by atoms with Gasteiger partial charge in [-0.2, -0.15) is 12.8 Å². The van der Waals surface area contributed by atoms with Gasteiger partial charge < -0.3 is 13.8 Å². The van der Waals surface area contributed by atoms with Crippen molar-refractivity contribution in [1.82, 2.24) is 0 Å². The molecule has 0 fully saturated rings. The van der Waals surface area contributed by atoms with Gasteiger partial charge >= 0.3 is 19.5 Å². The summed E-state index contributed by atoms with van der Waals surface area (Å²) in [4.78, 5) is 0. The minimum Gasteiger partial charge on any atom is -0.343 e. The molecule has 0 spiro atoms. The summed E-state index contributed by atoms with van der Waals surface area (Å²) < 4.78 is 0. The fourth-order valence-corrected chi connectivity index (χ4v) is 3.41. The fraction of sp³-hybridized carbons (Fsp3) is 0.867. The molecule has 0 aliphatic rings. The van der Waals surface area contributed by atoms with Gasteiger partial charge in [-0.15, -0.1) is 0 Å². The van der Waals surface area contributed by atoms with Gasteiger partial charge in [-0.05, 0) is 0 Å². The molecule has 18 heavy (non-hydrogen) atoms. The first kappa shape index (κ1) is 24.1. The molecule has 0 saturated heterocycles. The molecule has 0 saturated carbocycles. The summed E-state index contributed by atoms with van der Waals surface area (Å²) in [7, 11) is 0.524. The summed E-state index contributed by atoms with van der Waals surface area (Å²) >= 11 is 0. The molecule has 0 bridgehead atoms. The first-order valence-corrected chi connectivity index (χ1v) is 12.6. The van der Waals surface area contributed by atoms with Crippen molar-refractivity contribution < 1.29 is 19.5 Å². The molecule has 0 heterocycles. The molecule has 3 heteroatoms. The third-order valence-corrected chi connectivity index (χ3v) is 5.32. The Morgan fingerprint density at radius 3 is 1.72 bits per heavy atom. The SMILES string of the molecule is [CH2-]CCCCC[SiH](C)C.[CH2-]CCCCC[SiH]C.[Zn+2]. The van der Waals surface area contributed by atoms with Crippen LogP contribution < -0.4 is 0 Å². The van der Waals surface area contributed by atoms with Gasteiger partial charge in [-0.25, -0.2) is 0 Å². The van der Waals surface area contributed by atoms with Gasteiger partial charge in [0, 0.05) is 18.3 Å². The topological polar surface area (TPSA) is 0 Å². The van der Waals surface area contributed by atoms with E-state index in [4.69, 9.17) is 0 Å². The van der Waals surface area contributed by atoms with E-state index < -0.39 is 0 Å². The zero-order valence-electron chi connectivity index (χ0n) is 13.3. The summed E-state index contributed by atoms with van der Waals surface area (Å²) in [5, 5.41) is 0. The Bertz CT molecular complexity index is 113. The maximum absolute atomic E-state index is 3.81. The third kappa shape index (κ3) is 30.3. The molecular formula is C15H35Si2Zn. The van der Waals surface area contributed by atoms with E-state index in [0.29, 0.717) is 0 Å². The van der Waals surface area contributed by atoms with Gasteiger partial charge in [0.2, 0.25) is 0 Å². The van der Waals surface area contributed by atoms with Crippen molar-refractivity contribution in [2.24, 2.45) is 0 Å². The smallest absolute Gasteiger partial charge is 0.343 e. The quantitative estimate of drug-likeness (QED) is 0.294. The standard InChI is InChI=1S/C8H19Si.C7H16Si.Zn/c1-4-5-6-7-8-9(2)3;1-3-4-5-6-7-8-2;/h9H,1,4-8H2,2-3H3;8H,1,3-7H2,2H3;/q2*-1;+2. The first-order chi connectivity index (χ1) is 8.18. The molecule has 0 aromatic heterocycles. The maximum Gasteiger partial charge on any atom is 2.00 e. The van der Waals surface area contributed by atoms with Crippen LogP contribution in [0.2, 0.25) is 31.7 Å². The predicted octanol–water partition coefficient (Wildman–Crippen LogP) is 5.15. The van der Waals surface area contributed by atoms with Crippen LogP contribution in [0.15, 0.2) is 0 Å². The van der Waals surface area contributed by atoms with Crippen LogP contribution in [-0.4, -0.2) is 18.3 Å². The van der Waals surface area contributed by atoms with Crippen LogP contribution in [0.3, 0.4) is 0 Å². The molecule has 0 unspecified atom stereocenters. The number of rotatable bonds is 10. The van der Waals surface area contributed by atoms with Crippen molar-refractivity contribution in [3.05, 3.63) is 13.8 Å². The van der Waals surface area contributed by atoms with Crippen molar-refractivity contribution >= 4 is 18.3 Å². The van der Waals surface area contributed by atoms with Crippen molar-refractivity contribution in [2.75, 3.05) is 0 Å². The van der Waals surface area contributed by atoms with Crippen molar-refractivity contribution in [3.63, 3.8) is 0 Å². The monoisotopic (exact) mass is 335 g/mol. The summed E-state index contributed by atoms with van der Waals surface area (Å²) in [5.41, 5.74) is 0. The molecule has 0 nitrogen and oxygen atoms in total. The van der Waals surface area contributed by atoms with E-state index in [1.807, 2.05) is 0 Å². The summed E-state index contributed by atoms with van der Waals surface area (Å²) in [6.45, 7) is 14.8. The van der Waals surface area contributed by atoms with E-state index in [0.717, 1.165) is 22.4 Å². The van der Waals surface area contributed by atoms with Crippen LogP contribution in [0.25, 0.3) is 0 Å². The third-order valence-electron chi connectivity index (χ3n) is 2.77. The molecule has 0 aromatic carbocycles. The number of hydrogen-bond donors (Lipinski definition) is 0. The van der Waals surface area contributed by atoms with E-state index >= 15 is 0 Å². The van der Waals surface area contributed by atoms with Gasteiger partial charge in [0.15, 0.2) is 0 Å². The van der Waals surface area contributed by atoms with Crippen molar-refractivity contribution in [1.29, 1.82) is 0 Å². The Hall–Kier alpha value is 1.06. The average molecular weight is 337 g/mol. The minimum absolute atomic E-state index is 0. The van der Waals surface area contributed by atoms with E-state index in [2.05, 4.69) is 33.5 Å². The average Bonchev–Trinajstić information content (AvgIpc) is 2.31. The van der Waals surface area contributed by atoms with E-state index in [1.165, 1.54) is 50.6 Å². The summed E-state index contributed by atoms with van der Waals surface area (Å²) in [5.74, 6) is 0. The largest absolute Gasteiger partial charge is 2.00 e. The Balaban J connectivity index is -0.000000238. The number of unbranched alkanes of at least 4 members (excludes halogenated alkanes) is 6. The molecule has 0 rings (SSSR count). The van der Waals surface area contributed by atoms with Gasteiger partial charge in [-0.3, -0.25) is 0 Å². The van der Waals surface area contributed by atoms with Gasteiger partial charge in [0.1, 0.15) is 0 Å². The van der Waals surface area contributed by atoms with Crippen molar-refractivity contribution in [2.45, 2.75) is 83.1 Å². The van der Waals surface area contributed by atoms with E-state index in [9.17, 15) is 0 Å². The fourth-order valence-electron chi connectivity index (χ4n) is 1.61. The van der Waals surface area contributed by atoms with Crippen LogP contribution in [-0.2, 0) is 19.5 Å². The molecule has 0 amide bonds. The Kier molecular flexibility index (Phi) is 31.0. The maximum atomic E-state index is 3.81. The normalized spacial score (nSPS) is 9.67. The molecular weight excluding hydrogens is 302 g/mol. The zero-order chi connectivity index (χ0) is 13.4. The molecule has 0 N–H and O–H groups in total. The van der Waals surface area contributed by atoms with Crippen LogP contribution in [0.4, 0.5) is 0 Å². The molecule has 0 aromatic rings. The van der Waals surface area contributed by atoms with Crippen LogP contribution >= 0.6 is 0 Å². The van der Waals surface area contributed by atoms with Gasteiger partial charge in [0.25, 0.3) is 0 Å². The predicted molar refractivity (Wildman–Crippen MR) is 89.2 cm³/mol. The van der Waals surface area contributed by atoms with Crippen LogP contribution in [0.5, 0.6) is 0 Å². The molecule has 0 aliphatic carbocycles. The first-order valence-electron chi connectivity index (χ1n) is 7.55. The second-order valence-corrected chi connectivity index (χ2v) is 9.97.